The summed E-state index contributed by atoms with van der Waals surface area (Å²) < 4.78 is 0. The van der Waals surface area contributed by atoms with E-state index in [4.69, 9.17) is 0 Å². The summed E-state index contributed by atoms with van der Waals surface area (Å²) in [7, 11) is 2.02. The molecule has 5 aliphatic rings. The number of anilines is 2. The second kappa shape index (κ2) is 15.2. The summed E-state index contributed by atoms with van der Waals surface area (Å²) in [5.41, 5.74) is 6.18. The number of nitrogens with one attached hydrogen (secondary N) is 2. The molecule has 0 spiro atoms. The third-order valence-corrected chi connectivity index (χ3v) is 12.4. The van der Waals surface area contributed by atoms with Crippen LogP contribution in [0.25, 0.3) is 0 Å². The van der Waals surface area contributed by atoms with Crippen molar-refractivity contribution < 1.29 is 24.0 Å². The fourth-order valence-electron chi connectivity index (χ4n) is 9.16. The molecule has 4 aliphatic heterocycles. The normalized spacial score (nSPS) is 22.6. The van der Waals surface area contributed by atoms with Gasteiger partial charge >= 0.3 is 0 Å². The first-order chi connectivity index (χ1) is 27.1. The molecule has 0 bridgehead atoms. The number of nitrogens with zero attached hydrogens (tertiary/aromatic N) is 6. The molecule has 0 aromatic heterocycles. The van der Waals surface area contributed by atoms with Gasteiger partial charge in [-0.1, -0.05) is 0 Å². The number of carbonyl (C=O) groups excluding carboxylic acids is 5. The van der Waals surface area contributed by atoms with Crippen LogP contribution in [0.5, 0.6) is 0 Å². The maximum atomic E-state index is 13.3. The molecule has 3 aromatic rings. The minimum absolute atomic E-state index is 0.0602. The Kier molecular flexibility index (Phi) is 10.0. The van der Waals surface area contributed by atoms with Gasteiger partial charge in [0, 0.05) is 75.2 Å². The van der Waals surface area contributed by atoms with Gasteiger partial charge in [0.1, 0.15) is 18.2 Å². The molecule has 56 heavy (non-hydrogen) atoms. The third-order valence-electron chi connectivity index (χ3n) is 12.4. The van der Waals surface area contributed by atoms with Crippen molar-refractivity contribution in [3.05, 3.63) is 93.5 Å². The summed E-state index contributed by atoms with van der Waals surface area (Å²) in [6, 6.07) is 20.5. The Bertz CT molecular complexity index is 2150. The van der Waals surface area contributed by atoms with Gasteiger partial charge in [-0.2, -0.15) is 10.5 Å². The number of carbonyl (C=O) groups is 5. The molecule has 8 rings (SSSR count). The number of imide groups is 2. The predicted octanol–water partition coefficient (Wildman–Crippen LogP) is 4.24. The van der Waals surface area contributed by atoms with Crippen LogP contribution in [-0.4, -0.2) is 84.1 Å². The van der Waals surface area contributed by atoms with E-state index in [0.29, 0.717) is 52.9 Å². The van der Waals surface area contributed by atoms with Gasteiger partial charge in [-0.15, -0.1) is 0 Å². The molecule has 13 nitrogen and oxygen atoms in total. The standard InChI is InChI=1S/C43H44N8O5/c1-48(35-9-4-28(21-44)29(18-35)22-45)33-10-5-32(6-11-33)46-40(53)27-2-7-34(8-3-27)50-16-14-26(15-17-50)23-49-24-30-19-36-37(20-31(30)25-49)43(56)51(42(36)55)38-12-13-39(52)47-41(38)54/h2-4,7-9,18-20,26,32-33,38H,5-6,10-17,23-25H2,1H3,(H,46,53)(H,47,52,54)/t32?,33?,38-/m1/s1. The third kappa shape index (κ3) is 7.11. The Morgan fingerprint density at radius 2 is 1.46 bits per heavy atom. The van der Waals surface area contributed by atoms with E-state index in [1.54, 1.807) is 12.1 Å². The lowest BCUT2D eigenvalue weighted by molar-refractivity contribution is -0.136. The molecule has 13 heteroatoms. The molecule has 3 fully saturated rings. The lowest BCUT2D eigenvalue weighted by Crippen LogP contribution is -2.54. The summed E-state index contributed by atoms with van der Waals surface area (Å²) in [5.74, 6) is -1.48. The number of benzene rings is 3. The summed E-state index contributed by atoms with van der Waals surface area (Å²) in [5, 5.41) is 24.1. The smallest absolute Gasteiger partial charge is 0.262 e. The minimum atomic E-state index is -0.963. The number of nitriles is 2. The average molecular weight is 753 g/mol. The fourth-order valence-corrected chi connectivity index (χ4v) is 9.16. The number of amides is 5. The van der Waals surface area contributed by atoms with Gasteiger partial charge in [0.25, 0.3) is 17.7 Å². The van der Waals surface area contributed by atoms with Crippen molar-refractivity contribution in [1.82, 2.24) is 20.4 Å². The van der Waals surface area contributed by atoms with E-state index < -0.39 is 23.8 Å². The zero-order valence-electron chi connectivity index (χ0n) is 31.4. The second-order valence-electron chi connectivity index (χ2n) is 15.8. The molecule has 2 saturated heterocycles. The van der Waals surface area contributed by atoms with E-state index in [-0.39, 0.29) is 30.7 Å². The fraction of sp³-hybridized carbons (Fsp3) is 0.419. The zero-order chi connectivity index (χ0) is 39.1. The van der Waals surface area contributed by atoms with Crippen molar-refractivity contribution in [3.8, 4) is 12.1 Å². The van der Waals surface area contributed by atoms with Crippen LogP contribution in [0, 0.1) is 28.6 Å². The van der Waals surface area contributed by atoms with E-state index >= 15 is 0 Å². The molecule has 286 valence electrons. The molecule has 5 amide bonds. The molecular weight excluding hydrogens is 709 g/mol. The second-order valence-corrected chi connectivity index (χ2v) is 15.8. The largest absolute Gasteiger partial charge is 0.372 e. The number of fused-ring (bicyclic) bond motifs is 2. The van der Waals surface area contributed by atoms with Crippen LogP contribution in [0.3, 0.4) is 0 Å². The quantitative estimate of drug-likeness (QED) is 0.318. The van der Waals surface area contributed by atoms with Gasteiger partial charge in [-0.05, 0) is 117 Å². The van der Waals surface area contributed by atoms with E-state index in [0.717, 1.165) is 85.6 Å². The van der Waals surface area contributed by atoms with Crippen LogP contribution in [0.1, 0.15) is 105 Å². The van der Waals surface area contributed by atoms with Crippen molar-refractivity contribution in [2.45, 2.75) is 82.6 Å². The number of hydrogen-bond acceptors (Lipinski definition) is 10. The van der Waals surface area contributed by atoms with E-state index in [2.05, 4.69) is 37.5 Å². The lowest BCUT2D eigenvalue weighted by Gasteiger charge is -2.36. The zero-order valence-corrected chi connectivity index (χ0v) is 31.4. The highest BCUT2D eigenvalue weighted by molar-refractivity contribution is 6.23. The summed E-state index contributed by atoms with van der Waals surface area (Å²) in [4.78, 5) is 71.8. The van der Waals surface area contributed by atoms with Crippen LogP contribution < -0.4 is 20.4 Å². The molecule has 4 heterocycles. The Balaban J connectivity index is 0.784. The molecule has 0 radical (unpaired) electrons. The van der Waals surface area contributed by atoms with Crippen molar-refractivity contribution in [1.29, 1.82) is 10.5 Å². The summed E-state index contributed by atoms with van der Waals surface area (Å²) >= 11 is 0. The van der Waals surface area contributed by atoms with Crippen molar-refractivity contribution in [2.24, 2.45) is 5.92 Å². The van der Waals surface area contributed by atoms with E-state index in [1.807, 2.05) is 49.5 Å². The molecule has 0 unspecified atom stereocenters. The van der Waals surface area contributed by atoms with Gasteiger partial charge in [-0.25, -0.2) is 0 Å². The monoisotopic (exact) mass is 752 g/mol. The molecule has 1 aliphatic carbocycles. The van der Waals surface area contributed by atoms with Crippen LogP contribution in [0.4, 0.5) is 11.4 Å². The Labute approximate surface area is 325 Å². The lowest BCUT2D eigenvalue weighted by atomic mass is 9.89. The topological polar surface area (TPSA) is 170 Å². The SMILES string of the molecule is CN(c1ccc(C#N)c(C#N)c1)C1CCC(NC(=O)c2ccc(N3CCC(CN4Cc5cc6c(cc5C4)C(=O)N([C@@H]4CCC(=O)NC4=O)C6=O)CC3)cc2)CC1. The van der Waals surface area contributed by atoms with Crippen LogP contribution >= 0.6 is 0 Å². The van der Waals surface area contributed by atoms with Crippen LogP contribution in [0.15, 0.2) is 54.6 Å². The van der Waals surface area contributed by atoms with Crippen LogP contribution in [0.2, 0.25) is 0 Å². The molecule has 1 atom stereocenters. The highest BCUT2D eigenvalue weighted by atomic mass is 16.2. The van der Waals surface area contributed by atoms with Gasteiger partial charge < -0.3 is 15.1 Å². The minimum Gasteiger partial charge on any atom is -0.372 e. The van der Waals surface area contributed by atoms with Crippen molar-refractivity contribution in [3.63, 3.8) is 0 Å². The van der Waals surface area contributed by atoms with Crippen molar-refractivity contribution in [2.75, 3.05) is 36.5 Å². The van der Waals surface area contributed by atoms with Crippen molar-refractivity contribution >= 4 is 40.9 Å². The first-order valence-electron chi connectivity index (χ1n) is 19.5. The first-order valence-corrected chi connectivity index (χ1v) is 19.5. The Hall–Kier alpha value is -6.05. The van der Waals surface area contributed by atoms with Gasteiger partial charge in [-0.3, -0.25) is 39.1 Å². The van der Waals surface area contributed by atoms with E-state index in [9.17, 15) is 34.5 Å². The van der Waals surface area contributed by atoms with Gasteiger partial charge in [0.05, 0.1) is 22.3 Å². The number of piperidine rings is 2. The number of rotatable bonds is 8. The Morgan fingerprint density at radius 3 is 2.07 bits per heavy atom. The maximum absolute atomic E-state index is 13.3. The number of hydrogen-bond donors (Lipinski definition) is 2. The molecular formula is C43H44N8O5. The highest BCUT2D eigenvalue weighted by Crippen LogP contribution is 2.35. The van der Waals surface area contributed by atoms with Crippen LogP contribution in [-0.2, 0) is 22.7 Å². The first kappa shape index (κ1) is 36.9. The van der Waals surface area contributed by atoms with Gasteiger partial charge in [0.15, 0.2) is 0 Å². The average Bonchev–Trinajstić information content (AvgIpc) is 3.72. The maximum Gasteiger partial charge on any atom is 0.262 e. The molecule has 3 aromatic carbocycles. The summed E-state index contributed by atoms with van der Waals surface area (Å²) in [6.07, 6.45) is 5.87. The summed E-state index contributed by atoms with van der Waals surface area (Å²) in [6.45, 7) is 4.16. The molecule has 1 saturated carbocycles. The predicted molar refractivity (Wildman–Crippen MR) is 206 cm³/mol. The Morgan fingerprint density at radius 1 is 0.821 bits per heavy atom. The molecule has 2 N–H and O–H groups in total. The van der Waals surface area contributed by atoms with Gasteiger partial charge in [0.2, 0.25) is 11.8 Å². The van der Waals surface area contributed by atoms with E-state index in [1.165, 1.54) is 0 Å². The highest BCUT2D eigenvalue weighted by Gasteiger charge is 2.45.